The van der Waals surface area contributed by atoms with Crippen LogP contribution in [0.5, 0.6) is 0 Å². The number of aromatic nitrogens is 4. The SMILES string of the molecule is [2H]c1c([2H])c([2H])c(-c2nc(-c3ccc4c(c3)oc3ccc(-n5c6ccccc6c6ccc7oc8ccccc8c7c65)cc34)nc(-c3c([2H])c([2H])c([2H])c([2H])c3[2H])n2)c([2H])c1[2H]. The lowest BCUT2D eigenvalue weighted by atomic mass is 10.1. The van der Waals surface area contributed by atoms with Gasteiger partial charge >= 0.3 is 0 Å². The fraction of sp³-hybridized carbons (Fsp3) is 0. The van der Waals surface area contributed by atoms with Crippen LogP contribution in [0, 0.1) is 0 Å². The molecule has 4 heterocycles. The average molecular weight is 665 g/mol. The molecular formula is C45H26N4O2. The van der Waals surface area contributed by atoms with E-state index in [0.29, 0.717) is 16.7 Å². The van der Waals surface area contributed by atoms with Gasteiger partial charge in [-0.15, -0.1) is 0 Å². The molecule has 0 aliphatic carbocycles. The van der Waals surface area contributed by atoms with Gasteiger partial charge in [-0.05, 0) is 54.6 Å². The normalized spacial score (nSPS) is 14.7. The highest BCUT2D eigenvalue weighted by atomic mass is 16.3. The molecule has 11 rings (SSSR count). The van der Waals surface area contributed by atoms with Gasteiger partial charge in [0.25, 0.3) is 0 Å². The average Bonchev–Trinajstić information content (AvgIpc) is 3.95. The van der Waals surface area contributed by atoms with Crippen LogP contribution in [-0.4, -0.2) is 19.5 Å². The first-order valence-corrected chi connectivity index (χ1v) is 16.1. The Balaban J connectivity index is 1.12. The van der Waals surface area contributed by atoms with E-state index in [0.717, 1.165) is 60.2 Å². The Morgan fingerprint density at radius 2 is 1.06 bits per heavy atom. The first kappa shape index (κ1) is 19.8. The zero-order valence-corrected chi connectivity index (χ0v) is 26.3. The number of furan rings is 2. The van der Waals surface area contributed by atoms with E-state index in [1.807, 2.05) is 54.6 Å². The van der Waals surface area contributed by atoms with Gasteiger partial charge < -0.3 is 13.4 Å². The Hall–Kier alpha value is -7.05. The monoisotopic (exact) mass is 664 g/mol. The van der Waals surface area contributed by atoms with Crippen molar-refractivity contribution in [1.82, 2.24) is 19.5 Å². The predicted molar refractivity (Wildman–Crippen MR) is 205 cm³/mol. The van der Waals surface area contributed by atoms with Crippen LogP contribution in [0.25, 0.3) is 106 Å². The topological polar surface area (TPSA) is 69.9 Å². The molecule has 7 aromatic carbocycles. The van der Waals surface area contributed by atoms with Gasteiger partial charge in [-0.1, -0.05) is 103 Å². The Morgan fingerprint density at radius 1 is 0.451 bits per heavy atom. The van der Waals surface area contributed by atoms with E-state index >= 15 is 0 Å². The van der Waals surface area contributed by atoms with Crippen molar-refractivity contribution in [2.75, 3.05) is 0 Å². The smallest absolute Gasteiger partial charge is 0.164 e. The van der Waals surface area contributed by atoms with E-state index in [1.165, 1.54) is 0 Å². The molecular weight excluding hydrogens is 629 g/mol. The van der Waals surface area contributed by atoms with E-state index in [9.17, 15) is 0 Å². The zero-order chi connectivity index (χ0) is 42.2. The molecule has 11 aromatic rings. The number of benzene rings is 7. The maximum Gasteiger partial charge on any atom is 0.164 e. The van der Waals surface area contributed by atoms with Crippen LogP contribution in [0.1, 0.15) is 13.7 Å². The number of nitrogens with zero attached hydrogens (tertiary/aromatic N) is 4. The number of rotatable bonds is 4. The Bertz CT molecular complexity index is 3600. The van der Waals surface area contributed by atoms with Crippen molar-refractivity contribution in [3.05, 3.63) is 157 Å². The van der Waals surface area contributed by atoms with Gasteiger partial charge in [-0.2, -0.15) is 0 Å². The number of para-hydroxylation sites is 2. The highest BCUT2D eigenvalue weighted by Gasteiger charge is 2.20. The van der Waals surface area contributed by atoms with Gasteiger partial charge in [-0.3, -0.25) is 0 Å². The molecule has 0 amide bonds. The van der Waals surface area contributed by atoms with Crippen molar-refractivity contribution in [2.24, 2.45) is 0 Å². The third-order valence-electron chi connectivity index (χ3n) is 9.23. The summed E-state index contributed by atoms with van der Waals surface area (Å²) in [5.41, 5.74) is 5.26. The van der Waals surface area contributed by atoms with E-state index in [2.05, 4.69) is 49.9 Å². The van der Waals surface area contributed by atoms with Gasteiger partial charge in [0.15, 0.2) is 17.5 Å². The molecule has 0 radical (unpaired) electrons. The first-order valence-electron chi connectivity index (χ1n) is 21.1. The summed E-state index contributed by atoms with van der Waals surface area (Å²) >= 11 is 0. The molecule has 0 aliphatic rings. The molecule has 51 heavy (non-hydrogen) atoms. The molecule has 0 bridgehead atoms. The predicted octanol–water partition coefficient (Wildman–Crippen LogP) is 11.8. The summed E-state index contributed by atoms with van der Waals surface area (Å²) in [4.78, 5) is 13.5. The van der Waals surface area contributed by atoms with Gasteiger partial charge in [0.05, 0.1) is 30.1 Å². The standard InChI is InChI=1S/C45H26N4O2/c1-3-11-27(12-4-1)43-46-44(28-13-5-2-6-14-28)48-45(47-43)29-19-21-32-35-26-30(20-23-38(35)51-40(32)25-29)49-36-17-9-7-15-31(36)33-22-24-39-41(42(33)49)34-16-8-10-18-37(34)50-39/h1-26H/i1D,2D,3D,4D,5D,6D,11D,12D,13D,14D. The lowest BCUT2D eigenvalue weighted by Gasteiger charge is -2.09. The molecule has 238 valence electrons. The van der Waals surface area contributed by atoms with Crippen LogP contribution >= 0.6 is 0 Å². The summed E-state index contributed by atoms with van der Waals surface area (Å²) in [6.07, 6.45) is 0. The van der Waals surface area contributed by atoms with Crippen LogP contribution in [0.2, 0.25) is 0 Å². The highest BCUT2D eigenvalue weighted by Crippen LogP contribution is 2.42. The quantitative estimate of drug-likeness (QED) is 0.187. The maximum absolute atomic E-state index is 8.65. The summed E-state index contributed by atoms with van der Waals surface area (Å²) in [6.45, 7) is 0. The van der Waals surface area contributed by atoms with Crippen LogP contribution in [0.4, 0.5) is 0 Å². The van der Waals surface area contributed by atoms with Crippen LogP contribution in [0.15, 0.2) is 166 Å². The molecule has 0 aliphatic heterocycles. The second-order valence-corrected chi connectivity index (χ2v) is 12.1. The summed E-state index contributed by atoms with van der Waals surface area (Å²) < 4.78 is 98.9. The van der Waals surface area contributed by atoms with Crippen molar-refractivity contribution in [3.63, 3.8) is 0 Å². The van der Waals surface area contributed by atoms with Crippen molar-refractivity contribution in [3.8, 4) is 39.9 Å². The molecule has 6 heteroatoms. The third kappa shape index (κ3) is 4.26. The maximum atomic E-state index is 8.65. The fourth-order valence-corrected chi connectivity index (χ4v) is 7.03. The molecule has 0 N–H and O–H groups in total. The van der Waals surface area contributed by atoms with Crippen molar-refractivity contribution >= 4 is 65.7 Å². The molecule has 0 fully saturated rings. The van der Waals surface area contributed by atoms with Gasteiger partial charge in [-0.25, -0.2) is 15.0 Å². The van der Waals surface area contributed by atoms with E-state index in [-0.39, 0.29) is 28.6 Å². The molecule has 0 atom stereocenters. The molecule has 6 nitrogen and oxygen atoms in total. The van der Waals surface area contributed by atoms with E-state index in [4.69, 9.17) is 22.5 Å². The number of hydrogen-bond acceptors (Lipinski definition) is 5. The van der Waals surface area contributed by atoms with Gasteiger partial charge in [0, 0.05) is 49.3 Å². The summed E-state index contributed by atoms with van der Waals surface area (Å²) in [5, 5.41) is 5.79. The summed E-state index contributed by atoms with van der Waals surface area (Å²) in [5.74, 6) is -0.740. The number of hydrogen-bond donors (Lipinski definition) is 0. The minimum absolute atomic E-state index is 0.0525. The Kier molecular flexibility index (Phi) is 4.17. The van der Waals surface area contributed by atoms with Crippen LogP contribution in [0.3, 0.4) is 0 Å². The molecule has 0 spiro atoms. The highest BCUT2D eigenvalue weighted by molar-refractivity contribution is 6.24. The van der Waals surface area contributed by atoms with E-state index < -0.39 is 60.4 Å². The third-order valence-corrected chi connectivity index (χ3v) is 9.23. The van der Waals surface area contributed by atoms with E-state index in [1.54, 1.807) is 12.1 Å². The van der Waals surface area contributed by atoms with Gasteiger partial charge in [0.1, 0.15) is 22.3 Å². The Morgan fingerprint density at radius 3 is 1.82 bits per heavy atom. The Labute approximate surface area is 304 Å². The lowest BCUT2D eigenvalue weighted by Crippen LogP contribution is -2.00. The fourth-order valence-electron chi connectivity index (χ4n) is 7.03. The largest absolute Gasteiger partial charge is 0.456 e. The zero-order valence-electron chi connectivity index (χ0n) is 36.3. The lowest BCUT2D eigenvalue weighted by molar-refractivity contribution is 0.668. The second kappa shape index (κ2) is 10.7. The van der Waals surface area contributed by atoms with Gasteiger partial charge in [0.2, 0.25) is 0 Å². The first-order chi connectivity index (χ1) is 29.4. The minimum Gasteiger partial charge on any atom is -0.456 e. The van der Waals surface area contributed by atoms with Crippen LogP contribution < -0.4 is 0 Å². The molecule has 0 saturated heterocycles. The molecule has 4 aromatic heterocycles. The summed E-state index contributed by atoms with van der Waals surface area (Å²) in [7, 11) is 0. The molecule has 0 saturated carbocycles. The second-order valence-electron chi connectivity index (χ2n) is 12.1. The summed E-state index contributed by atoms with van der Waals surface area (Å²) in [6, 6.07) is 25.6. The van der Waals surface area contributed by atoms with Crippen molar-refractivity contribution in [1.29, 1.82) is 0 Å². The molecule has 0 unspecified atom stereocenters. The number of fused-ring (bicyclic) bond motifs is 10. The van der Waals surface area contributed by atoms with Crippen molar-refractivity contribution in [2.45, 2.75) is 0 Å². The minimum atomic E-state index is -0.617. The van der Waals surface area contributed by atoms with Crippen LogP contribution in [-0.2, 0) is 0 Å². The van der Waals surface area contributed by atoms with Crippen molar-refractivity contribution < 1.29 is 22.5 Å².